The summed E-state index contributed by atoms with van der Waals surface area (Å²) in [5.41, 5.74) is 5.48. The van der Waals surface area contributed by atoms with Gasteiger partial charge in [-0.05, 0) is 18.6 Å². The number of halogens is 3. The first kappa shape index (κ1) is 14.6. The molecule has 18 heavy (non-hydrogen) atoms. The lowest BCUT2D eigenvalue weighted by Gasteiger charge is -2.25. The van der Waals surface area contributed by atoms with Crippen LogP contribution in [0.4, 0.5) is 13.2 Å². The first-order valence-electron chi connectivity index (χ1n) is 5.47. The largest absolute Gasteiger partial charge is 0.467 e. The minimum absolute atomic E-state index is 0.237. The van der Waals surface area contributed by atoms with Crippen molar-refractivity contribution in [1.29, 1.82) is 0 Å². The first-order valence-corrected chi connectivity index (χ1v) is 5.47. The molecule has 0 fully saturated rings. The van der Waals surface area contributed by atoms with Gasteiger partial charge < -0.3 is 15.1 Å². The maximum atomic E-state index is 12.4. The Labute approximate surface area is 103 Å². The second-order valence-corrected chi connectivity index (χ2v) is 3.90. The number of amides is 1. The molecule has 0 aliphatic heterocycles. The molecule has 2 N–H and O–H groups in total. The van der Waals surface area contributed by atoms with E-state index in [-0.39, 0.29) is 18.7 Å². The summed E-state index contributed by atoms with van der Waals surface area (Å²) in [5.74, 6) is -0.442. The third kappa shape index (κ3) is 4.40. The molecule has 0 aliphatic rings. The van der Waals surface area contributed by atoms with Crippen molar-refractivity contribution in [2.75, 3.05) is 6.54 Å². The minimum Gasteiger partial charge on any atom is -0.467 e. The number of hydrogen-bond acceptors (Lipinski definition) is 3. The molecule has 1 rings (SSSR count). The summed E-state index contributed by atoms with van der Waals surface area (Å²) in [7, 11) is 0. The highest BCUT2D eigenvalue weighted by Crippen LogP contribution is 2.19. The van der Waals surface area contributed by atoms with Crippen molar-refractivity contribution >= 4 is 5.91 Å². The SMILES string of the molecule is CC[C@H](N)C(=O)N(Cc1ccco1)CC(F)(F)F. The predicted molar refractivity (Wildman–Crippen MR) is 58.4 cm³/mol. The third-order valence-corrected chi connectivity index (χ3v) is 2.37. The number of alkyl halides is 3. The number of nitrogens with two attached hydrogens (primary N) is 1. The summed E-state index contributed by atoms with van der Waals surface area (Å²) < 4.78 is 42.1. The van der Waals surface area contributed by atoms with E-state index in [4.69, 9.17) is 10.2 Å². The van der Waals surface area contributed by atoms with Crippen LogP contribution in [-0.4, -0.2) is 29.6 Å². The van der Waals surface area contributed by atoms with Gasteiger partial charge in [-0.25, -0.2) is 0 Å². The lowest BCUT2D eigenvalue weighted by molar-refractivity contribution is -0.163. The van der Waals surface area contributed by atoms with E-state index in [2.05, 4.69) is 0 Å². The zero-order valence-electron chi connectivity index (χ0n) is 9.91. The number of rotatable bonds is 5. The van der Waals surface area contributed by atoms with Gasteiger partial charge in [-0.15, -0.1) is 0 Å². The highest BCUT2D eigenvalue weighted by atomic mass is 19.4. The second kappa shape index (κ2) is 5.90. The molecule has 1 aromatic rings. The van der Waals surface area contributed by atoms with E-state index in [0.29, 0.717) is 4.90 Å². The van der Waals surface area contributed by atoms with Crippen LogP contribution in [0.2, 0.25) is 0 Å². The van der Waals surface area contributed by atoms with Crippen LogP contribution in [0.25, 0.3) is 0 Å². The summed E-state index contributed by atoms with van der Waals surface area (Å²) in [6, 6.07) is 2.13. The lowest BCUT2D eigenvalue weighted by Crippen LogP contribution is -2.46. The maximum Gasteiger partial charge on any atom is 0.406 e. The topological polar surface area (TPSA) is 59.5 Å². The third-order valence-electron chi connectivity index (χ3n) is 2.37. The number of carbonyl (C=O) groups is 1. The first-order chi connectivity index (χ1) is 8.33. The average molecular weight is 264 g/mol. The average Bonchev–Trinajstić information content (AvgIpc) is 2.77. The summed E-state index contributed by atoms with van der Waals surface area (Å²) in [6.07, 6.45) is -2.84. The predicted octanol–water partition coefficient (Wildman–Crippen LogP) is 1.91. The summed E-state index contributed by atoms with van der Waals surface area (Å²) in [5, 5.41) is 0. The van der Waals surface area contributed by atoms with Gasteiger partial charge in [-0.1, -0.05) is 6.92 Å². The molecule has 1 amide bonds. The molecule has 102 valence electrons. The molecule has 4 nitrogen and oxygen atoms in total. The van der Waals surface area contributed by atoms with Crippen molar-refractivity contribution in [3.63, 3.8) is 0 Å². The molecule has 0 saturated heterocycles. The zero-order valence-corrected chi connectivity index (χ0v) is 9.91. The Balaban J connectivity index is 2.78. The Kier molecular flexibility index (Phi) is 4.77. The molecular weight excluding hydrogens is 249 g/mol. The van der Waals surface area contributed by atoms with Gasteiger partial charge in [-0.2, -0.15) is 13.2 Å². The highest BCUT2D eigenvalue weighted by molar-refractivity contribution is 5.81. The van der Waals surface area contributed by atoms with Crippen LogP contribution < -0.4 is 5.73 Å². The smallest absolute Gasteiger partial charge is 0.406 e. The molecular formula is C11H15F3N2O2. The summed E-state index contributed by atoms with van der Waals surface area (Å²) >= 11 is 0. The van der Waals surface area contributed by atoms with Crippen molar-refractivity contribution in [2.24, 2.45) is 5.73 Å². The molecule has 0 spiro atoms. The zero-order chi connectivity index (χ0) is 13.8. The highest BCUT2D eigenvalue weighted by Gasteiger charge is 2.34. The minimum atomic E-state index is -4.46. The van der Waals surface area contributed by atoms with Crippen molar-refractivity contribution in [3.8, 4) is 0 Å². The quantitative estimate of drug-likeness (QED) is 0.883. The lowest BCUT2D eigenvalue weighted by atomic mass is 10.2. The molecule has 0 radical (unpaired) electrons. The van der Waals surface area contributed by atoms with Gasteiger partial charge in [0.05, 0.1) is 18.8 Å². The maximum absolute atomic E-state index is 12.4. The van der Waals surface area contributed by atoms with Crippen molar-refractivity contribution in [2.45, 2.75) is 32.1 Å². The van der Waals surface area contributed by atoms with Gasteiger partial charge in [0.1, 0.15) is 12.3 Å². The van der Waals surface area contributed by atoms with Crippen LogP contribution in [0.3, 0.4) is 0 Å². The fourth-order valence-corrected chi connectivity index (χ4v) is 1.43. The van der Waals surface area contributed by atoms with E-state index >= 15 is 0 Å². The van der Waals surface area contributed by atoms with Crippen LogP contribution >= 0.6 is 0 Å². The van der Waals surface area contributed by atoms with Crippen molar-refractivity contribution < 1.29 is 22.4 Å². The van der Waals surface area contributed by atoms with Crippen LogP contribution in [0.5, 0.6) is 0 Å². The van der Waals surface area contributed by atoms with E-state index < -0.39 is 24.7 Å². The van der Waals surface area contributed by atoms with Crippen LogP contribution in [0.15, 0.2) is 22.8 Å². The van der Waals surface area contributed by atoms with Gasteiger partial charge in [0.25, 0.3) is 0 Å². The molecule has 1 aromatic heterocycles. The molecule has 0 unspecified atom stereocenters. The number of carbonyl (C=O) groups excluding carboxylic acids is 1. The van der Waals surface area contributed by atoms with Crippen molar-refractivity contribution in [3.05, 3.63) is 24.2 Å². The van der Waals surface area contributed by atoms with Crippen LogP contribution in [-0.2, 0) is 11.3 Å². The number of nitrogens with zero attached hydrogens (tertiary/aromatic N) is 1. The standard InChI is InChI=1S/C11H15F3N2O2/c1-2-9(15)10(17)16(7-11(12,13)14)6-8-4-3-5-18-8/h3-5,9H,2,6-7,15H2,1H3/t9-/m0/s1. The van der Waals surface area contributed by atoms with Crippen LogP contribution in [0, 0.1) is 0 Å². The molecule has 0 saturated carbocycles. The molecule has 1 atom stereocenters. The Bertz CT molecular complexity index is 376. The fraction of sp³-hybridized carbons (Fsp3) is 0.545. The van der Waals surface area contributed by atoms with Crippen molar-refractivity contribution in [1.82, 2.24) is 4.90 Å². The van der Waals surface area contributed by atoms with Crippen LogP contribution in [0.1, 0.15) is 19.1 Å². The molecule has 0 bridgehead atoms. The summed E-state index contributed by atoms with van der Waals surface area (Å²) in [4.78, 5) is 12.4. The van der Waals surface area contributed by atoms with E-state index in [9.17, 15) is 18.0 Å². The number of furan rings is 1. The molecule has 0 aromatic carbocycles. The van der Waals surface area contributed by atoms with Gasteiger partial charge in [0.15, 0.2) is 0 Å². The molecule has 7 heteroatoms. The van der Waals surface area contributed by atoms with E-state index in [1.165, 1.54) is 12.3 Å². The Hall–Kier alpha value is -1.50. The van der Waals surface area contributed by atoms with E-state index in [0.717, 1.165) is 0 Å². The van der Waals surface area contributed by atoms with Gasteiger partial charge in [0, 0.05) is 0 Å². The normalized spacial score (nSPS) is 13.4. The molecule has 1 heterocycles. The molecule has 0 aliphatic carbocycles. The second-order valence-electron chi connectivity index (χ2n) is 3.90. The Morgan fingerprint density at radius 3 is 2.67 bits per heavy atom. The Morgan fingerprint density at radius 2 is 2.22 bits per heavy atom. The van der Waals surface area contributed by atoms with Gasteiger partial charge in [0.2, 0.25) is 5.91 Å². The fourth-order valence-electron chi connectivity index (χ4n) is 1.43. The summed E-state index contributed by atoms with van der Waals surface area (Å²) in [6.45, 7) is 0.0699. The Morgan fingerprint density at radius 1 is 1.56 bits per heavy atom. The van der Waals surface area contributed by atoms with E-state index in [1.807, 2.05) is 0 Å². The van der Waals surface area contributed by atoms with Gasteiger partial charge >= 0.3 is 6.18 Å². The van der Waals surface area contributed by atoms with Gasteiger partial charge in [-0.3, -0.25) is 4.79 Å². The monoisotopic (exact) mass is 264 g/mol. The van der Waals surface area contributed by atoms with E-state index in [1.54, 1.807) is 13.0 Å². The number of hydrogen-bond donors (Lipinski definition) is 1.